The van der Waals surface area contributed by atoms with E-state index in [2.05, 4.69) is 46.0 Å². The fourth-order valence-corrected chi connectivity index (χ4v) is 3.67. The molecule has 1 aliphatic rings. The largest absolute Gasteiger partial charge is 0.375 e. The van der Waals surface area contributed by atoms with E-state index in [1.54, 1.807) is 0 Å². The number of nitrogens with one attached hydrogen (secondary N) is 1. The van der Waals surface area contributed by atoms with Gasteiger partial charge in [-0.3, -0.25) is 4.99 Å². The maximum absolute atomic E-state index is 5.70. The first-order chi connectivity index (χ1) is 10.8. The number of nitrogens with zero attached hydrogens (tertiary/aromatic N) is 2. The molecular weight excluding hydrogens is 294 g/mol. The van der Waals surface area contributed by atoms with E-state index >= 15 is 0 Å². The van der Waals surface area contributed by atoms with Gasteiger partial charge < -0.3 is 15.0 Å². The predicted octanol–water partition coefficient (Wildman–Crippen LogP) is 2.61. The Bertz CT molecular complexity index is 452. The smallest absolute Gasteiger partial charge is 0.193 e. The predicted molar refractivity (Wildman–Crippen MR) is 95.6 cm³/mol. The second-order valence-electron chi connectivity index (χ2n) is 5.36. The minimum atomic E-state index is 0.666. The summed E-state index contributed by atoms with van der Waals surface area (Å²) >= 11 is 2.08. The molecule has 0 bridgehead atoms. The maximum atomic E-state index is 5.70. The molecule has 1 heterocycles. The summed E-state index contributed by atoms with van der Waals surface area (Å²) in [4.78, 5) is 6.77. The highest BCUT2D eigenvalue weighted by atomic mass is 32.2. The molecule has 1 unspecified atom stereocenters. The van der Waals surface area contributed by atoms with E-state index in [4.69, 9.17) is 4.74 Å². The lowest BCUT2D eigenvalue weighted by Gasteiger charge is -2.34. The van der Waals surface area contributed by atoms with Gasteiger partial charge >= 0.3 is 0 Å². The molecule has 0 aliphatic carbocycles. The Balaban J connectivity index is 1.66. The van der Waals surface area contributed by atoms with Crippen LogP contribution < -0.4 is 5.32 Å². The normalized spacial score (nSPS) is 19.3. The standard InChI is InChI=1S/C17H27N3OS/c1-3-16-13-20(10-12-22-16)17(18-2)19-9-11-21-14-15-7-5-4-6-8-15/h4-8,16H,3,9-14H2,1-2H3,(H,18,19). The third kappa shape index (κ3) is 5.54. The SMILES string of the molecule is CCC1CN(C(=NC)NCCOCc2ccccc2)CCS1. The Morgan fingerprint density at radius 2 is 2.23 bits per heavy atom. The third-order valence-corrected chi connectivity index (χ3v) is 5.12. The molecule has 1 saturated heterocycles. The van der Waals surface area contributed by atoms with Crippen LogP contribution >= 0.6 is 11.8 Å². The van der Waals surface area contributed by atoms with E-state index in [9.17, 15) is 0 Å². The van der Waals surface area contributed by atoms with Gasteiger partial charge in [0.05, 0.1) is 13.2 Å². The van der Waals surface area contributed by atoms with Gasteiger partial charge in [0, 0.05) is 37.7 Å². The van der Waals surface area contributed by atoms with Gasteiger partial charge in [-0.25, -0.2) is 0 Å². The van der Waals surface area contributed by atoms with Gasteiger partial charge in [0.15, 0.2) is 5.96 Å². The van der Waals surface area contributed by atoms with E-state index in [0.29, 0.717) is 13.2 Å². The summed E-state index contributed by atoms with van der Waals surface area (Å²) < 4.78 is 5.70. The van der Waals surface area contributed by atoms with E-state index < -0.39 is 0 Å². The molecule has 1 fully saturated rings. The van der Waals surface area contributed by atoms with Crippen molar-refractivity contribution < 1.29 is 4.74 Å². The van der Waals surface area contributed by atoms with Crippen LogP contribution in [0.5, 0.6) is 0 Å². The van der Waals surface area contributed by atoms with Crippen LogP contribution in [0.1, 0.15) is 18.9 Å². The number of rotatable bonds is 6. The van der Waals surface area contributed by atoms with E-state index in [1.165, 1.54) is 17.7 Å². The minimum absolute atomic E-state index is 0.666. The first kappa shape index (κ1) is 17.2. The van der Waals surface area contributed by atoms with Crippen molar-refractivity contribution in [2.45, 2.75) is 25.2 Å². The highest BCUT2D eigenvalue weighted by Crippen LogP contribution is 2.20. The van der Waals surface area contributed by atoms with Gasteiger partial charge in [0.1, 0.15) is 0 Å². The number of hydrogen-bond donors (Lipinski definition) is 1. The first-order valence-electron chi connectivity index (χ1n) is 8.02. The Kier molecular flexibility index (Phi) is 7.60. The van der Waals surface area contributed by atoms with E-state index in [-0.39, 0.29) is 0 Å². The van der Waals surface area contributed by atoms with Gasteiger partial charge in [0.2, 0.25) is 0 Å². The Morgan fingerprint density at radius 3 is 2.95 bits per heavy atom. The van der Waals surface area contributed by atoms with Crippen LogP contribution in [0.3, 0.4) is 0 Å². The average molecular weight is 321 g/mol. The summed E-state index contributed by atoms with van der Waals surface area (Å²) in [5.41, 5.74) is 1.21. The molecule has 0 amide bonds. The highest BCUT2D eigenvalue weighted by molar-refractivity contribution is 8.00. The van der Waals surface area contributed by atoms with Crippen molar-refractivity contribution in [3.8, 4) is 0 Å². The lowest BCUT2D eigenvalue weighted by molar-refractivity contribution is 0.125. The zero-order chi connectivity index (χ0) is 15.6. The van der Waals surface area contributed by atoms with Gasteiger partial charge in [-0.1, -0.05) is 37.3 Å². The molecule has 1 aromatic rings. The van der Waals surface area contributed by atoms with Crippen LogP contribution in [0.25, 0.3) is 0 Å². The zero-order valence-corrected chi connectivity index (χ0v) is 14.4. The van der Waals surface area contributed by atoms with Crippen molar-refractivity contribution in [3.05, 3.63) is 35.9 Å². The van der Waals surface area contributed by atoms with Gasteiger partial charge in [-0.15, -0.1) is 0 Å². The molecule has 1 N–H and O–H groups in total. The molecule has 0 spiro atoms. The Morgan fingerprint density at radius 1 is 1.41 bits per heavy atom. The topological polar surface area (TPSA) is 36.9 Å². The second kappa shape index (κ2) is 9.74. The van der Waals surface area contributed by atoms with Gasteiger partial charge in [0.25, 0.3) is 0 Å². The molecule has 0 radical (unpaired) electrons. The molecular formula is C17H27N3OS. The monoisotopic (exact) mass is 321 g/mol. The van der Waals surface area contributed by atoms with Crippen molar-refractivity contribution in [2.24, 2.45) is 4.99 Å². The van der Waals surface area contributed by atoms with Gasteiger partial charge in [-0.05, 0) is 12.0 Å². The van der Waals surface area contributed by atoms with Crippen molar-refractivity contribution in [1.82, 2.24) is 10.2 Å². The van der Waals surface area contributed by atoms with E-state index in [0.717, 1.165) is 30.8 Å². The second-order valence-corrected chi connectivity index (χ2v) is 6.77. The van der Waals surface area contributed by atoms with Crippen LogP contribution in [0.4, 0.5) is 0 Å². The zero-order valence-electron chi connectivity index (χ0n) is 13.6. The molecule has 5 heteroatoms. The number of aliphatic imine (C=N–C) groups is 1. The number of guanidine groups is 1. The number of benzene rings is 1. The molecule has 0 saturated carbocycles. The molecule has 22 heavy (non-hydrogen) atoms. The minimum Gasteiger partial charge on any atom is -0.375 e. The third-order valence-electron chi connectivity index (χ3n) is 3.75. The van der Waals surface area contributed by atoms with Crippen LogP contribution in [0.2, 0.25) is 0 Å². The Hall–Kier alpha value is -1.20. The molecule has 122 valence electrons. The number of ether oxygens (including phenoxy) is 1. The van der Waals surface area contributed by atoms with Crippen molar-refractivity contribution in [3.63, 3.8) is 0 Å². The summed E-state index contributed by atoms with van der Waals surface area (Å²) in [5.74, 6) is 2.19. The molecule has 0 aromatic heterocycles. The summed E-state index contributed by atoms with van der Waals surface area (Å²) in [6.45, 7) is 6.57. The van der Waals surface area contributed by atoms with Crippen molar-refractivity contribution in [1.29, 1.82) is 0 Å². The quantitative estimate of drug-likeness (QED) is 0.496. The van der Waals surface area contributed by atoms with Crippen molar-refractivity contribution in [2.75, 3.05) is 39.0 Å². The first-order valence-corrected chi connectivity index (χ1v) is 9.07. The van der Waals surface area contributed by atoms with Crippen molar-refractivity contribution >= 4 is 17.7 Å². The summed E-state index contributed by atoms with van der Waals surface area (Å²) in [6, 6.07) is 10.3. The summed E-state index contributed by atoms with van der Waals surface area (Å²) in [6.07, 6.45) is 1.22. The fraction of sp³-hybridized carbons (Fsp3) is 0.588. The molecule has 1 aromatic carbocycles. The average Bonchev–Trinajstić information content (AvgIpc) is 2.59. The Labute approximate surface area is 138 Å². The molecule has 4 nitrogen and oxygen atoms in total. The molecule has 1 aliphatic heterocycles. The van der Waals surface area contributed by atoms with Gasteiger partial charge in [-0.2, -0.15) is 11.8 Å². The van der Waals surface area contributed by atoms with Crippen LogP contribution in [0.15, 0.2) is 35.3 Å². The molecule has 1 atom stereocenters. The summed E-state index contributed by atoms with van der Waals surface area (Å²) in [5, 5.41) is 4.14. The van der Waals surface area contributed by atoms with E-state index in [1.807, 2.05) is 25.2 Å². The number of hydrogen-bond acceptors (Lipinski definition) is 3. The van der Waals surface area contributed by atoms with Crippen LogP contribution in [-0.4, -0.2) is 55.2 Å². The lowest BCUT2D eigenvalue weighted by atomic mass is 10.2. The maximum Gasteiger partial charge on any atom is 0.193 e. The fourth-order valence-electron chi connectivity index (χ4n) is 2.49. The highest BCUT2D eigenvalue weighted by Gasteiger charge is 2.21. The lowest BCUT2D eigenvalue weighted by Crippen LogP contribution is -2.48. The summed E-state index contributed by atoms with van der Waals surface area (Å²) in [7, 11) is 1.86. The molecule has 2 rings (SSSR count). The van der Waals surface area contributed by atoms with Crippen LogP contribution in [-0.2, 0) is 11.3 Å². The van der Waals surface area contributed by atoms with Crippen LogP contribution in [0, 0.1) is 0 Å². The number of thioether (sulfide) groups is 1.